The van der Waals surface area contributed by atoms with Crippen molar-refractivity contribution < 1.29 is 18.1 Å². The number of nitrogens with zero attached hydrogens (tertiary/aromatic N) is 2. The number of carbonyl (C=O) groups excluding carboxylic acids is 1. The van der Waals surface area contributed by atoms with E-state index >= 15 is 0 Å². The number of piperazine rings is 1. The Kier molecular flexibility index (Phi) is 5.80. The minimum Gasteiger partial charge on any atom is -0.325 e. The molecular weight excluding hydrogens is 444 g/mol. The smallest absolute Gasteiger partial charge is 0.280 e. The van der Waals surface area contributed by atoms with E-state index in [1.807, 2.05) is 12.1 Å². The van der Waals surface area contributed by atoms with E-state index in [0.29, 0.717) is 41.6 Å². The molecule has 9 heteroatoms. The molecule has 1 aliphatic heterocycles. The van der Waals surface area contributed by atoms with Gasteiger partial charge < -0.3 is 10.2 Å². The number of rotatable bonds is 5. The number of nitrogens with one attached hydrogen (secondary N) is 2. The maximum atomic E-state index is 13.1. The van der Waals surface area contributed by atoms with Crippen LogP contribution in [0.25, 0.3) is 0 Å². The van der Waals surface area contributed by atoms with Crippen LogP contribution < -0.4 is 10.2 Å². The first kappa shape index (κ1) is 21.6. The molecule has 168 valence electrons. The number of quaternary nitrogens is 1. The molecule has 2 aromatic rings. The van der Waals surface area contributed by atoms with Crippen molar-refractivity contribution in [2.24, 2.45) is 0 Å². The molecule has 0 unspecified atom stereocenters. The molecule has 1 aromatic carbocycles. The fourth-order valence-electron chi connectivity index (χ4n) is 5.09. The maximum absolute atomic E-state index is 13.1. The van der Waals surface area contributed by atoms with Gasteiger partial charge in [-0.25, -0.2) is 8.42 Å². The predicted octanol–water partition coefficient (Wildman–Crippen LogP) is 1.13. The van der Waals surface area contributed by atoms with Gasteiger partial charge in [0.05, 0.1) is 36.6 Å². The standard InChI is InChI=1S/C23H26N4O3S2/c24-14-20-19-5-2-6-21(19)31-23(20)25-22(28)15-26-9-11-27(12-10-26)32(29,30)18-8-7-16-3-1-4-17(16)13-18/h7-8,13H,1-6,9-12,15H2,(H,25,28)/p+1. The number of benzene rings is 1. The van der Waals surface area contributed by atoms with Crippen LogP contribution in [0.5, 0.6) is 0 Å². The highest BCUT2D eigenvalue weighted by Crippen LogP contribution is 2.38. The number of amides is 1. The molecule has 2 N–H and O–H groups in total. The third kappa shape index (κ3) is 3.97. The zero-order valence-electron chi connectivity index (χ0n) is 17.9. The zero-order valence-corrected chi connectivity index (χ0v) is 19.6. The zero-order chi connectivity index (χ0) is 22.3. The van der Waals surface area contributed by atoms with Gasteiger partial charge in [0.1, 0.15) is 11.1 Å². The lowest BCUT2D eigenvalue weighted by atomic mass is 10.1. The largest absolute Gasteiger partial charge is 0.325 e. The number of fused-ring (bicyclic) bond motifs is 2. The first-order valence-corrected chi connectivity index (χ1v) is 13.5. The second-order valence-corrected chi connectivity index (χ2v) is 11.9. The van der Waals surface area contributed by atoms with Crippen molar-refractivity contribution in [3.8, 4) is 6.07 Å². The van der Waals surface area contributed by atoms with Crippen LogP contribution in [-0.4, -0.2) is 51.4 Å². The van der Waals surface area contributed by atoms with E-state index in [1.165, 1.54) is 21.8 Å². The Hall–Kier alpha value is -2.25. The van der Waals surface area contributed by atoms with E-state index in [2.05, 4.69) is 11.4 Å². The van der Waals surface area contributed by atoms with Crippen LogP contribution in [0.3, 0.4) is 0 Å². The minimum absolute atomic E-state index is 0.119. The number of aryl methyl sites for hydroxylation is 3. The van der Waals surface area contributed by atoms with E-state index in [9.17, 15) is 18.5 Å². The summed E-state index contributed by atoms with van der Waals surface area (Å²) in [5.41, 5.74) is 4.14. The van der Waals surface area contributed by atoms with Crippen LogP contribution in [0.4, 0.5) is 5.00 Å². The van der Waals surface area contributed by atoms with Crippen molar-refractivity contribution >= 4 is 32.3 Å². The molecule has 7 nitrogen and oxygen atoms in total. The number of hydrogen-bond donors (Lipinski definition) is 2. The highest BCUT2D eigenvalue weighted by Gasteiger charge is 2.32. The first-order chi connectivity index (χ1) is 15.5. The van der Waals surface area contributed by atoms with Crippen molar-refractivity contribution in [1.82, 2.24) is 4.31 Å². The molecule has 1 amide bonds. The molecule has 2 aliphatic carbocycles. The van der Waals surface area contributed by atoms with Crippen LogP contribution in [0.2, 0.25) is 0 Å². The molecule has 5 rings (SSSR count). The van der Waals surface area contributed by atoms with Crippen molar-refractivity contribution in [3.63, 3.8) is 0 Å². The molecule has 2 heterocycles. The van der Waals surface area contributed by atoms with Gasteiger partial charge >= 0.3 is 0 Å². The van der Waals surface area contributed by atoms with Gasteiger partial charge in [0.2, 0.25) is 10.0 Å². The number of thiophene rings is 1. The highest BCUT2D eigenvalue weighted by atomic mass is 32.2. The van der Waals surface area contributed by atoms with E-state index < -0.39 is 10.0 Å². The molecular formula is C23H27N4O3S2+. The van der Waals surface area contributed by atoms with Crippen LogP contribution in [0, 0.1) is 11.3 Å². The Balaban J connectivity index is 1.18. The quantitative estimate of drug-likeness (QED) is 0.683. The Bertz CT molecular complexity index is 1200. The topological polar surface area (TPSA) is 94.7 Å². The van der Waals surface area contributed by atoms with E-state index in [0.717, 1.165) is 54.6 Å². The first-order valence-electron chi connectivity index (χ1n) is 11.3. The van der Waals surface area contributed by atoms with Crippen molar-refractivity contribution in [1.29, 1.82) is 5.26 Å². The molecule has 3 aliphatic rings. The summed E-state index contributed by atoms with van der Waals surface area (Å²) in [4.78, 5) is 15.3. The summed E-state index contributed by atoms with van der Waals surface area (Å²) in [6.07, 6.45) is 6.04. The summed E-state index contributed by atoms with van der Waals surface area (Å²) in [7, 11) is -3.51. The number of anilines is 1. The van der Waals surface area contributed by atoms with Gasteiger partial charge in [0.25, 0.3) is 5.91 Å². The summed E-state index contributed by atoms with van der Waals surface area (Å²) in [6, 6.07) is 7.79. The Labute approximate surface area is 192 Å². The average Bonchev–Trinajstić information content (AvgIpc) is 3.49. The summed E-state index contributed by atoms with van der Waals surface area (Å²) >= 11 is 1.52. The number of nitriles is 1. The second kappa shape index (κ2) is 8.60. The average molecular weight is 472 g/mol. The van der Waals surface area contributed by atoms with Crippen LogP contribution in [-0.2, 0) is 40.5 Å². The van der Waals surface area contributed by atoms with Gasteiger partial charge in [0.15, 0.2) is 6.54 Å². The highest BCUT2D eigenvalue weighted by molar-refractivity contribution is 7.89. The molecule has 32 heavy (non-hydrogen) atoms. The van der Waals surface area contributed by atoms with Gasteiger partial charge in [-0.05, 0) is 67.3 Å². The molecule has 0 radical (unpaired) electrons. The van der Waals surface area contributed by atoms with E-state index in [4.69, 9.17) is 0 Å². The van der Waals surface area contributed by atoms with Crippen molar-refractivity contribution in [2.45, 2.75) is 43.4 Å². The lowest BCUT2D eigenvalue weighted by molar-refractivity contribution is -0.895. The van der Waals surface area contributed by atoms with Gasteiger partial charge in [0, 0.05) is 4.88 Å². The molecule has 0 bridgehead atoms. The lowest BCUT2D eigenvalue weighted by Gasteiger charge is -2.31. The minimum atomic E-state index is -3.51. The normalized spacial score (nSPS) is 18.8. The third-order valence-corrected chi connectivity index (χ3v) is 9.94. The summed E-state index contributed by atoms with van der Waals surface area (Å²) in [6.45, 7) is 2.25. The Morgan fingerprint density at radius 1 is 1.12 bits per heavy atom. The van der Waals surface area contributed by atoms with Gasteiger partial charge in [-0.3, -0.25) is 4.79 Å². The molecule has 0 atom stereocenters. The number of carbonyl (C=O) groups is 1. The molecule has 0 saturated carbocycles. The monoisotopic (exact) mass is 471 g/mol. The molecule has 1 fully saturated rings. The lowest BCUT2D eigenvalue weighted by Crippen LogP contribution is -3.15. The van der Waals surface area contributed by atoms with Crippen molar-refractivity contribution in [2.75, 3.05) is 38.0 Å². The maximum Gasteiger partial charge on any atom is 0.280 e. The summed E-state index contributed by atoms with van der Waals surface area (Å²) in [5, 5.41) is 13.1. The van der Waals surface area contributed by atoms with Gasteiger partial charge in [-0.1, -0.05) is 6.07 Å². The fraction of sp³-hybridized carbons (Fsp3) is 0.478. The Morgan fingerprint density at radius 3 is 2.66 bits per heavy atom. The second-order valence-electron chi connectivity index (χ2n) is 8.84. The molecule has 1 saturated heterocycles. The van der Waals surface area contributed by atoms with Crippen molar-refractivity contribution in [3.05, 3.63) is 45.3 Å². The van der Waals surface area contributed by atoms with Crippen LogP contribution >= 0.6 is 11.3 Å². The van der Waals surface area contributed by atoms with Gasteiger partial charge in [-0.15, -0.1) is 11.3 Å². The van der Waals surface area contributed by atoms with Gasteiger partial charge in [-0.2, -0.15) is 9.57 Å². The molecule has 0 spiro atoms. The summed E-state index contributed by atoms with van der Waals surface area (Å²) in [5.74, 6) is -0.119. The number of hydrogen-bond acceptors (Lipinski definition) is 5. The van der Waals surface area contributed by atoms with E-state index in [-0.39, 0.29) is 12.5 Å². The SMILES string of the molecule is N#Cc1c(NC(=O)C[NH+]2CCN(S(=O)(=O)c3ccc4c(c3)CCC4)CC2)sc2c1CCC2. The third-order valence-electron chi connectivity index (χ3n) is 6.83. The van der Waals surface area contributed by atoms with Crippen LogP contribution in [0.1, 0.15) is 40.0 Å². The number of sulfonamides is 1. The fourth-order valence-corrected chi connectivity index (χ4v) is 7.83. The summed E-state index contributed by atoms with van der Waals surface area (Å²) < 4.78 is 27.8. The Morgan fingerprint density at radius 2 is 1.88 bits per heavy atom. The predicted molar refractivity (Wildman–Crippen MR) is 122 cm³/mol. The van der Waals surface area contributed by atoms with Crippen LogP contribution in [0.15, 0.2) is 23.1 Å². The van der Waals surface area contributed by atoms with E-state index in [1.54, 1.807) is 10.4 Å². The molecule has 1 aromatic heterocycles.